The molecule has 3 heteroatoms. The number of hydrogen-bond acceptors (Lipinski definition) is 3. The van der Waals surface area contributed by atoms with Crippen LogP contribution >= 0.6 is 11.9 Å². The first-order valence-corrected chi connectivity index (χ1v) is 9.89. The standard InChI is InChI=1S/C21H30N2S/c1-21(2,3)19-11-7-17(8-12-19)6-5-15-22-16-18-9-13-20(14-10-18)23-24-4/h7-14,22-23H,5-6,15-16H2,1-4H3. The van der Waals surface area contributed by atoms with Gasteiger partial charge in [-0.05, 0) is 53.6 Å². The first-order valence-electron chi connectivity index (χ1n) is 8.67. The minimum absolute atomic E-state index is 0.237. The zero-order valence-corrected chi connectivity index (χ0v) is 16.2. The van der Waals surface area contributed by atoms with Crippen molar-refractivity contribution in [1.29, 1.82) is 0 Å². The second-order valence-corrected chi connectivity index (χ2v) is 7.84. The molecule has 0 aliphatic carbocycles. The molecule has 2 rings (SSSR count). The molecule has 0 aliphatic heterocycles. The molecule has 0 heterocycles. The summed E-state index contributed by atoms with van der Waals surface area (Å²) in [6, 6.07) is 17.7. The first-order chi connectivity index (χ1) is 11.5. The molecule has 2 aromatic carbocycles. The van der Waals surface area contributed by atoms with Crippen LogP contribution in [0, 0.1) is 0 Å². The van der Waals surface area contributed by atoms with Gasteiger partial charge in [0.25, 0.3) is 0 Å². The molecule has 0 radical (unpaired) electrons. The number of nitrogens with one attached hydrogen (secondary N) is 2. The van der Waals surface area contributed by atoms with Gasteiger partial charge < -0.3 is 10.0 Å². The van der Waals surface area contributed by atoms with Gasteiger partial charge in [0.1, 0.15) is 0 Å². The third kappa shape index (κ3) is 6.21. The van der Waals surface area contributed by atoms with Crippen LogP contribution in [0.1, 0.15) is 43.9 Å². The van der Waals surface area contributed by atoms with E-state index in [0.29, 0.717) is 0 Å². The molecular formula is C21H30N2S. The Kier molecular flexibility index (Phi) is 7.19. The van der Waals surface area contributed by atoms with Crippen molar-refractivity contribution in [3.63, 3.8) is 0 Å². The lowest BCUT2D eigenvalue weighted by atomic mass is 9.86. The van der Waals surface area contributed by atoms with Crippen molar-refractivity contribution in [3.05, 3.63) is 65.2 Å². The highest BCUT2D eigenvalue weighted by Crippen LogP contribution is 2.22. The van der Waals surface area contributed by atoms with Gasteiger partial charge in [0.15, 0.2) is 0 Å². The summed E-state index contributed by atoms with van der Waals surface area (Å²) in [5.74, 6) is 0. The molecule has 0 spiro atoms. The van der Waals surface area contributed by atoms with Gasteiger partial charge >= 0.3 is 0 Å². The van der Waals surface area contributed by atoms with Crippen molar-refractivity contribution < 1.29 is 0 Å². The lowest BCUT2D eigenvalue weighted by molar-refractivity contribution is 0.589. The predicted octanol–water partition coefficient (Wildman–Crippen LogP) is 5.40. The Morgan fingerprint density at radius 1 is 0.875 bits per heavy atom. The van der Waals surface area contributed by atoms with Gasteiger partial charge in [-0.3, -0.25) is 0 Å². The Hall–Kier alpha value is -1.45. The summed E-state index contributed by atoms with van der Waals surface area (Å²) in [5.41, 5.74) is 5.56. The monoisotopic (exact) mass is 342 g/mol. The molecule has 0 saturated carbocycles. The van der Waals surface area contributed by atoms with Crippen LogP contribution < -0.4 is 10.0 Å². The van der Waals surface area contributed by atoms with Crippen LogP contribution in [-0.2, 0) is 18.4 Å². The van der Waals surface area contributed by atoms with Crippen LogP contribution in [0.4, 0.5) is 5.69 Å². The Morgan fingerprint density at radius 3 is 2.08 bits per heavy atom. The van der Waals surface area contributed by atoms with Gasteiger partial charge in [-0.1, -0.05) is 69.1 Å². The van der Waals surface area contributed by atoms with E-state index in [-0.39, 0.29) is 5.41 Å². The Balaban J connectivity index is 1.67. The Labute approximate surface area is 151 Å². The van der Waals surface area contributed by atoms with E-state index in [4.69, 9.17) is 0 Å². The largest absolute Gasteiger partial charge is 0.330 e. The highest BCUT2D eigenvalue weighted by Gasteiger charge is 2.12. The lowest BCUT2D eigenvalue weighted by Gasteiger charge is -2.19. The SMILES string of the molecule is CSNc1ccc(CNCCCc2ccc(C(C)(C)C)cc2)cc1. The van der Waals surface area contributed by atoms with Crippen molar-refractivity contribution in [2.75, 3.05) is 17.5 Å². The molecule has 0 unspecified atom stereocenters. The molecule has 0 aliphatic rings. The second-order valence-electron chi connectivity index (χ2n) is 7.23. The quantitative estimate of drug-likeness (QED) is 0.496. The summed E-state index contributed by atoms with van der Waals surface area (Å²) in [6.07, 6.45) is 4.33. The van der Waals surface area contributed by atoms with Crippen LogP contribution in [0.15, 0.2) is 48.5 Å². The minimum Gasteiger partial charge on any atom is -0.330 e. The fourth-order valence-corrected chi connectivity index (χ4v) is 3.00. The second kappa shape index (κ2) is 9.14. The fraction of sp³-hybridized carbons (Fsp3) is 0.429. The number of aryl methyl sites for hydroxylation is 1. The van der Waals surface area contributed by atoms with Crippen LogP contribution in [0.5, 0.6) is 0 Å². The van der Waals surface area contributed by atoms with Crippen LogP contribution in [0.25, 0.3) is 0 Å². The summed E-state index contributed by atoms with van der Waals surface area (Å²) in [7, 11) is 0. The minimum atomic E-state index is 0.237. The van der Waals surface area contributed by atoms with E-state index < -0.39 is 0 Å². The van der Waals surface area contributed by atoms with Gasteiger partial charge in [-0.2, -0.15) is 0 Å². The summed E-state index contributed by atoms with van der Waals surface area (Å²) in [6.45, 7) is 8.76. The van der Waals surface area contributed by atoms with E-state index in [2.05, 4.69) is 79.3 Å². The van der Waals surface area contributed by atoms with E-state index in [9.17, 15) is 0 Å². The van der Waals surface area contributed by atoms with Gasteiger partial charge in [0.05, 0.1) is 0 Å². The maximum atomic E-state index is 3.53. The molecule has 24 heavy (non-hydrogen) atoms. The third-order valence-electron chi connectivity index (χ3n) is 4.14. The predicted molar refractivity (Wildman–Crippen MR) is 109 cm³/mol. The van der Waals surface area contributed by atoms with Crippen LogP contribution in [0.2, 0.25) is 0 Å². The molecule has 2 N–H and O–H groups in total. The van der Waals surface area contributed by atoms with Crippen LogP contribution in [0.3, 0.4) is 0 Å². The average molecular weight is 343 g/mol. The van der Waals surface area contributed by atoms with E-state index in [1.807, 2.05) is 6.26 Å². The zero-order chi connectivity index (χ0) is 17.4. The van der Waals surface area contributed by atoms with Crippen molar-refractivity contribution >= 4 is 17.6 Å². The number of benzene rings is 2. The van der Waals surface area contributed by atoms with E-state index in [1.54, 1.807) is 11.9 Å². The van der Waals surface area contributed by atoms with Crippen LogP contribution in [-0.4, -0.2) is 12.8 Å². The Bertz CT molecular complexity index is 597. The summed E-state index contributed by atoms with van der Waals surface area (Å²) in [5, 5.41) is 3.53. The number of hydrogen-bond donors (Lipinski definition) is 2. The molecule has 0 amide bonds. The summed E-state index contributed by atoms with van der Waals surface area (Å²) < 4.78 is 3.24. The molecule has 0 fully saturated rings. The smallest absolute Gasteiger partial charge is 0.0440 e. The molecule has 2 aromatic rings. The van der Waals surface area contributed by atoms with Gasteiger partial charge in [-0.15, -0.1) is 0 Å². The highest BCUT2D eigenvalue weighted by atomic mass is 32.2. The Morgan fingerprint density at radius 2 is 1.50 bits per heavy atom. The number of rotatable bonds is 8. The molecule has 0 saturated heterocycles. The average Bonchev–Trinajstić information content (AvgIpc) is 2.56. The van der Waals surface area contributed by atoms with Crippen molar-refractivity contribution in [2.45, 2.75) is 45.6 Å². The summed E-state index contributed by atoms with van der Waals surface area (Å²) >= 11 is 1.62. The molecular weight excluding hydrogens is 312 g/mol. The molecule has 130 valence electrons. The lowest BCUT2D eigenvalue weighted by Crippen LogP contribution is -2.15. The van der Waals surface area contributed by atoms with E-state index in [0.717, 1.165) is 25.2 Å². The van der Waals surface area contributed by atoms with Crippen molar-refractivity contribution in [3.8, 4) is 0 Å². The fourth-order valence-electron chi connectivity index (χ4n) is 2.63. The maximum absolute atomic E-state index is 3.53. The highest BCUT2D eigenvalue weighted by molar-refractivity contribution is 7.99. The number of anilines is 1. The first kappa shape index (κ1) is 18.9. The summed E-state index contributed by atoms with van der Waals surface area (Å²) in [4.78, 5) is 0. The van der Waals surface area contributed by atoms with Crippen molar-refractivity contribution in [2.24, 2.45) is 0 Å². The third-order valence-corrected chi connectivity index (χ3v) is 4.58. The maximum Gasteiger partial charge on any atom is 0.0440 e. The van der Waals surface area contributed by atoms with Gasteiger partial charge in [-0.25, -0.2) is 0 Å². The molecule has 0 atom stereocenters. The molecule has 0 aromatic heterocycles. The van der Waals surface area contributed by atoms with E-state index >= 15 is 0 Å². The van der Waals surface area contributed by atoms with Crippen molar-refractivity contribution in [1.82, 2.24) is 5.32 Å². The van der Waals surface area contributed by atoms with E-state index in [1.165, 1.54) is 23.1 Å². The molecule has 2 nitrogen and oxygen atoms in total. The normalized spacial score (nSPS) is 11.5. The topological polar surface area (TPSA) is 24.1 Å². The van der Waals surface area contributed by atoms with Gasteiger partial charge in [0, 0.05) is 18.5 Å². The van der Waals surface area contributed by atoms with Gasteiger partial charge in [0.2, 0.25) is 0 Å². The molecule has 0 bridgehead atoms. The zero-order valence-electron chi connectivity index (χ0n) is 15.4.